The Bertz CT molecular complexity index is 410. The second-order valence-electron chi connectivity index (χ2n) is 4.10. The van der Waals surface area contributed by atoms with Crippen molar-refractivity contribution in [3.63, 3.8) is 0 Å². The lowest BCUT2D eigenvalue weighted by molar-refractivity contribution is 0.0720. The molecule has 0 saturated heterocycles. The first kappa shape index (κ1) is 14.8. The van der Waals surface area contributed by atoms with Crippen molar-refractivity contribution in [2.24, 2.45) is 0 Å². The number of nitrogens with zero attached hydrogens (tertiary/aromatic N) is 1. The number of hydrogen-bond acceptors (Lipinski definition) is 3. The normalized spacial score (nSPS) is 10.4. The van der Waals surface area contributed by atoms with E-state index in [1.807, 2.05) is 0 Å². The van der Waals surface area contributed by atoms with E-state index in [9.17, 15) is 4.79 Å². The number of anilines is 1. The number of halogens is 1. The Morgan fingerprint density at radius 1 is 1.44 bits per heavy atom. The number of carbonyl (C=O) groups is 1. The second kappa shape index (κ2) is 7.24. The third-order valence-electron chi connectivity index (χ3n) is 2.68. The summed E-state index contributed by atoms with van der Waals surface area (Å²) in [6.45, 7) is 2.94. The lowest BCUT2D eigenvalue weighted by Gasteiger charge is -2.22. The molecule has 1 amide bonds. The van der Waals surface area contributed by atoms with Crippen LogP contribution in [0, 0.1) is 0 Å². The number of aliphatic hydroxyl groups excluding tert-OH is 1. The van der Waals surface area contributed by atoms with E-state index in [0.717, 1.165) is 12.8 Å². The van der Waals surface area contributed by atoms with Crippen molar-refractivity contribution in [3.8, 4) is 0 Å². The Balaban J connectivity index is 2.87. The quantitative estimate of drug-likeness (QED) is 0.779. The predicted octanol–water partition coefficient (Wildman–Crippen LogP) is 2.16. The van der Waals surface area contributed by atoms with Gasteiger partial charge in [-0.05, 0) is 24.6 Å². The first-order valence-corrected chi connectivity index (χ1v) is 6.43. The Kier molecular flexibility index (Phi) is 5.95. The summed E-state index contributed by atoms with van der Waals surface area (Å²) in [4.78, 5) is 13.9. The standard InChI is InChI=1S/C13H19ClN2O2/c1-2-3-6-16(7-8-17)13(18)11-5-4-10(14)9-12(11)15/h4-5,9,17H,2-3,6-8,15H2,1H3. The summed E-state index contributed by atoms with van der Waals surface area (Å²) >= 11 is 5.80. The first-order chi connectivity index (χ1) is 8.60. The van der Waals surface area contributed by atoms with Gasteiger partial charge in [-0.1, -0.05) is 24.9 Å². The molecule has 0 atom stereocenters. The van der Waals surface area contributed by atoms with Gasteiger partial charge in [0, 0.05) is 23.8 Å². The highest BCUT2D eigenvalue weighted by atomic mass is 35.5. The van der Waals surface area contributed by atoms with Crippen molar-refractivity contribution in [2.75, 3.05) is 25.4 Å². The smallest absolute Gasteiger partial charge is 0.256 e. The predicted molar refractivity (Wildman–Crippen MR) is 73.8 cm³/mol. The van der Waals surface area contributed by atoms with E-state index >= 15 is 0 Å². The number of carbonyl (C=O) groups excluding carboxylic acids is 1. The fourth-order valence-corrected chi connectivity index (χ4v) is 1.86. The maximum atomic E-state index is 12.3. The fourth-order valence-electron chi connectivity index (χ4n) is 1.68. The van der Waals surface area contributed by atoms with Crippen molar-refractivity contribution in [1.29, 1.82) is 0 Å². The van der Waals surface area contributed by atoms with Crippen LogP contribution in [0.1, 0.15) is 30.1 Å². The second-order valence-corrected chi connectivity index (χ2v) is 4.54. The van der Waals surface area contributed by atoms with Gasteiger partial charge in [0.2, 0.25) is 0 Å². The fraction of sp³-hybridized carbons (Fsp3) is 0.462. The van der Waals surface area contributed by atoms with E-state index in [0.29, 0.717) is 29.4 Å². The molecule has 4 nitrogen and oxygen atoms in total. The molecule has 0 spiro atoms. The van der Waals surface area contributed by atoms with Crippen LogP contribution >= 0.6 is 11.6 Å². The largest absolute Gasteiger partial charge is 0.398 e. The third-order valence-corrected chi connectivity index (χ3v) is 2.92. The van der Waals surface area contributed by atoms with Gasteiger partial charge in [-0.25, -0.2) is 0 Å². The molecule has 1 aromatic rings. The van der Waals surface area contributed by atoms with E-state index in [-0.39, 0.29) is 12.5 Å². The lowest BCUT2D eigenvalue weighted by Crippen LogP contribution is -2.34. The van der Waals surface area contributed by atoms with Gasteiger partial charge in [-0.2, -0.15) is 0 Å². The van der Waals surface area contributed by atoms with Gasteiger partial charge in [-0.3, -0.25) is 4.79 Å². The summed E-state index contributed by atoms with van der Waals surface area (Å²) in [5, 5.41) is 9.50. The van der Waals surface area contributed by atoms with Gasteiger partial charge >= 0.3 is 0 Å². The van der Waals surface area contributed by atoms with E-state index in [1.165, 1.54) is 0 Å². The zero-order chi connectivity index (χ0) is 13.5. The van der Waals surface area contributed by atoms with Gasteiger partial charge < -0.3 is 15.7 Å². The van der Waals surface area contributed by atoms with E-state index in [2.05, 4.69) is 6.92 Å². The Morgan fingerprint density at radius 2 is 2.17 bits per heavy atom. The number of unbranched alkanes of at least 4 members (excludes halogenated alkanes) is 1. The van der Waals surface area contributed by atoms with Crippen molar-refractivity contribution in [3.05, 3.63) is 28.8 Å². The summed E-state index contributed by atoms with van der Waals surface area (Å²) in [6.07, 6.45) is 1.89. The topological polar surface area (TPSA) is 66.6 Å². The van der Waals surface area contributed by atoms with Crippen molar-refractivity contribution in [1.82, 2.24) is 4.90 Å². The van der Waals surface area contributed by atoms with Crippen molar-refractivity contribution < 1.29 is 9.90 Å². The molecule has 0 radical (unpaired) electrons. The van der Waals surface area contributed by atoms with Crippen LogP contribution in [0.25, 0.3) is 0 Å². The first-order valence-electron chi connectivity index (χ1n) is 6.05. The Hall–Kier alpha value is -1.26. The minimum atomic E-state index is -0.160. The minimum absolute atomic E-state index is 0.0526. The number of nitrogens with two attached hydrogens (primary N) is 1. The van der Waals surface area contributed by atoms with E-state index < -0.39 is 0 Å². The zero-order valence-electron chi connectivity index (χ0n) is 10.5. The maximum absolute atomic E-state index is 12.3. The van der Waals surface area contributed by atoms with Gasteiger partial charge in [0.15, 0.2) is 0 Å². The maximum Gasteiger partial charge on any atom is 0.256 e. The number of hydrogen-bond donors (Lipinski definition) is 2. The van der Waals surface area contributed by atoms with Gasteiger partial charge in [0.25, 0.3) is 5.91 Å². The molecule has 0 aliphatic heterocycles. The summed E-state index contributed by atoms with van der Waals surface area (Å²) in [6, 6.07) is 4.82. The molecule has 0 unspecified atom stereocenters. The molecule has 3 N–H and O–H groups in total. The Morgan fingerprint density at radius 3 is 2.72 bits per heavy atom. The molecule has 1 rings (SSSR count). The highest BCUT2D eigenvalue weighted by Crippen LogP contribution is 2.19. The van der Waals surface area contributed by atoms with Gasteiger partial charge in [0.1, 0.15) is 0 Å². The highest BCUT2D eigenvalue weighted by molar-refractivity contribution is 6.31. The molecule has 0 aliphatic carbocycles. The van der Waals surface area contributed by atoms with Crippen molar-refractivity contribution >= 4 is 23.2 Å². The minimum Gasteiger partial charge on any atom is -0.398 e. The van der Waals surface area contributed by atoms with Gasteiger partial charge in [0.05, 0.1) is 12.2 Å². The van der Waals surface area contributed by atoms with Crippen LogP contribution in [0.5, 0.6) is 0 Å². The van der Waals surface area contributed by atoms with Crippen LogP contribution < -0.4 is 5.73 Å². The zero-order valence-corrected chi connectivity index (χ0v) is 11.3. The lowest BCUT2D eigenvalue weighted by atomic mass is 10.1. The average Bonchev–Trinajstić information content (AvgIpc) is 2.33. The van der Waals surface area contributed by atoms with Crippen molar-refractivity contribution in [2.45, 2.75) is 19.8 Å². The summed E-state index contributed by atoms with van der Waals surface area (Å²) in [7, 11) is 0. The number of amides is 1. The number of rotatable bonds is 6. The van der Waals surface area contributed by atoms with Gasteiger partial charge in [-0.15, -0.1) is 0 Å². The monoisotopic (exact) mass is 270 g/mol. The summed E-state index contributed by atoms with van der Waals surface area (Å²) in [5.74, 6) is -0.160. The van der Waals surface area contributed by atoms with E-state index in [1.54, 1.807) is 23.1 Å². The summed E-state index contributed by atoms with van der Waals surface area (Å²) in [5.41, 5.74) is 6.59. The molecule has 0 heterocycles. The van der Waals surface area contributed by atoms with Crippen LogP contribution in [-0.4, -0.2) is 35.6 Å². The van der Waals surface area contributed by atoms with Crippen LogP contribution in [-0.2, 0) is 0 Å². The van der Waals surface area contributed by atoms with Crippen LogP contribution in [0.15, 0.2) is 18.2 Å². The summed E-state index contributed by atoms with van der Waals surface area (Å²) < 4.78 is 0. The average molecular weight is 271 g/mol. The molecule has 100 valence electrons. The molecule has 0 aromatic heterocycles. The van der Waals surface area contributed by atoms with Crippen LogP contribution in [0.2, 0.25) is 5.02 Å². The van der Waals surface area contributed by atoms with Crippen LogP contribution in [0.4, 0.5) is 5.69 Å². The molecular weight excluding hydrogens is 252 g/mol. The molecule has 0 bridgehead atoms. The molecular formula is C13H19ClN2O2. The molecule has 1 aromatic carbocycles. The third kappa shape index (κ3) is 3.89. The van der Waals surface area contributed by atoms with Crippen LogP contribution in [0.3, 0.4) is 0 Å². The molecule has 18 heavy (non-hydrogen) atoms. The molecule has 5 heteroatoms. The molecule has 0 aliphatic rings. The molecule has 0 fully saturated rings. The SMILES string of the molecule is CCCCN(CCO)C(=O)c1ccc(Cl)cc1N. The number of benzene rings is 1. The molecule has 0 saturated carbocycles. The number of nitrogen functional groups attached to an aromatic ring is 1. The highest BCUT2D eigenvalue weighted by Gasteiger charge is 2.17. The number of aliphatic hydroxyl groups is 1. The Labute approximate surface area is 112 Å². The van der Waals surface area contributed by atoms with E-state index in [4.69, 9.17) is 22.4 Å².